The summed E-state index contributed by atoms with van der Waals surface area (Å²) >= 11 is 10.0. The zero-order valence-corrected chi connectivity index (χ0v) is 14.9. The molecule has 0 saturated carbocycles. The van der Waals surface area contributed by atoms with Crippen LogP contribution in [-0.2, 0) is 54.1 Å². The fraction of sp³-hybridized carbons (Fsp3) is 0.538. The van der Waals surface area contributed by atoms with Crippen LogP contribution in [-0.4, -0.2) is 47.2 Å². The van der Waals surface area contributed by atoms with Gasteiger partial charge in [-0.15, -0.1) is 0 Å². The number of nitrogens with zero attached hydrogens (tertiary/aromatic N) is 2. The van der Waals surface area contributed by atoms with Crippen molar-refractivity contribution in [3.63, 3.8) is 0 Å². The standard InChI is InChI=1S/C13H17F3N2S2.Au/c14-10-7-9(8-11(15)12(10)16)1-2-17-3-5-18(6-4-17)13(19)20;/h7-8,13,19-20H,1-6H2;/p-2. The minimum atomic E-state index is -1.41. The average Bonchev–Trinajstić information content (AvgIpc) is 2.42. The summed E-state index contributed by atoms with van der Waals surface area (Å²) in [6.07, 6.45) is 0.485. The van der Waals surface area contributed by atoms with E-state index in [2.05, 4.69) is 4.90 Å². The number of halogens is 3. The van der Waals surface area contributed by atoms with Crippen LogP contribution in [0.3, 0.4) is 0 Å². The molecule has 0 bridgehead atoms. The van der Waals surface area contributed by atoms with Crippen LogP contribution in [0.25, 0.3) is 0 Å². The van der Waals surface area contributed by atoms with Gasteiger partial charge in [0.25, 0.3) is 0 Å². The second-order valence-corrected chi connectivity index (χ2v) is 6.00. The summed E-state index contributed by atoms with van der Waals surface area (Å²) in [6.45, 7) is 3.96. The van der Waals surface area contributed by atoms with Crippen molar-refractivity contribution in [2.75, 3.05) is 32.7 Å². The molecule has 1 aliphatic heterocycles. The Morgan fingerprint density at radius 2 is 1.52 bits per heavy atom. The van der Waals surface area contributed by atoms with Gasteiger partial charge in [0.15, 0.2) is 17.5 Å². The summed E-state index contributed by atoms with van der Waals surface area (Å²) in [5, 5.41) is 0. The molecule has 1 heterocycles. The number of hydrogen-bond acceptors (Lipinski definition) is 4. The van der Waals surface area contributed by atoms with E-state index in [1.807, 2.05) is 4.90 Å². The van der Waals surface area contributed by atoms with Gasteiger partial charge in [0.2, 0.25) is 0 Å². The van der Waals surface area contributed by atoms with E-state index >= 15 is 0 Å². The van der Waals surface area contributed by atoms with Gasteiger partial charge in [0.05, 0.1) is 0 Å². The van der Waals surface area contributed by atoms with Crippen LogP contribution < -0.4 is 0 Å². The monoisotopic (exact) mass is 517 g/mol. The summed E-state index contributed by atoms with van der Waals surface area (Å²) in [4.78, 5) is 4.22. The van der Waals surface area contributed by atoms with Crippen molar-refractivity contribution < 1.29 is 35.6 Å². The molecule has 0 amide bonds. The van der Waals surface area contributed by atoms with E-state index < -0.39 is 17.5 Å². The van der Waals surface area contributed by atoms with E-state index in [1.54, 1.807) is 0 Å². The summed E-state index contributed by atoms with van der Waals surface area (Å²) in [7, 11) is 0. The number of rotatable bonds is 4. The Balaban J connectivity index is 0.00000220. The Bertz CT molecular complexity index is 446. The predicted octanol–water partition coefficient (Wildman–Crippen LogP) is 1.64. The molecule has 0 aromatic heterocycles. The van der Waals surface area contributed by atoms with Crippen molar-refractivity contribution in [2.24, 2.45) is 0 Å². The molecule has 8 heteroatoms. The maximum atomic E-state index is 13.1. The second kappa shape index (κ2) is 8.86. The molecule has 0 atom stereocenters. The summed E-state index contributed by atoms with van der Waals surface area (Å²) in [5.41, 5.74) is 0.466. The van der Waals surface area contributed by atoms with Crippen molar-refractivity contribution in [3.05, 3.63) is 35.1 Å². The molecule has 0 unspecified atom stereocenters. The SMILES string of the molecule is Fc1cc(CCN2CCN(C([S-])[S-])CC2)cc(F)c1F.[Au]. The van der Waals surface area contributed by atoms with Crippen LogP contribution in [0.2, 0.25) is 0 Å². The zero-order valence-electron chi connectivity index (χ0n) is 11.1. The van der Waals surface area contributed by atoms with Crippen molar-refractivity contribution >= 4 is 25.3 Å². The number of benzene rings is 1. The number of hydrogen-bond donors (Lipinski definition) is 0. The normalized spacial score (nSPS) is 17.0. The Kier molecular flexibility index (Phi) is 8.19. The molecule has 0 spiro atoms. The molecule has 123 valence electrons. The van der Waals surface area contributed by atoms with Gasteiger partial charge in [-0.3, -0.25) is 0 Å². The zero-order chi connectivity index (χ0) is 14.7. The molecule has 0 aliphatic carbocycles. The molecule has 1 aromatic rings. The Hall–Kier alpha value is 0.370. The summed E-state index contributed by atoms with van der Waals surface area (Å²) < 4.78 is 38.7. The largest absolute Gasteiger partial charge is 0.800 e. The second-order valence-electron chi connectivity index (χ2n) is 4.81. The maximum absolute atomic E-state index is 13.1. The fourth-order valence-electron chi connectivity index (χ4n) is 2.24. The Morgan fingerprint density at radius 3 is 2.00 bits per heavy atom. The molecule has 1 fully saturated rings. The third kappa shape index (κ3) is 5.49. The third-order valence-corrected chi connectivity index (χ3v) is 4.06. The first-order valence-electron chi connectivity index (χ1n) is 6.39. The van der Waals surface area contributed by atoms with Gasteiger partial charge in [-0.05, 0) is 24.1 Å². The van der Waals surface area contributed by atoms with E-state index in [0.717, 1.165) is 38.3 Å². The van der Waals surface area contributed by atoms with Crippen molar-refractivity contribution in [3.8, 4) is 0 Å². The van der Waals surface area contributed by atoms with Gasteiger partial charge in [-0.25, -0.2) is 17.9 Å². The summed E-state index contributed by atoms with van der Waals surface area (Å²) in [5.74, 6) is -3.68. The van der Waals surface area contributed by atoms with Crippen LogP contribution in [0.5, 0.6) is 0 Å². The fourth-order valence-corrected chi connectivity index (χ4v) is 2.66. The van der Waals surface area contributed by atoms with Crippen LogP contribution in [0.4, 0.5) is 13.2 Å². The summed E-state index contributed by atoms with van der Waals surface area (Å²) in [6, 6.07) is 2.11. The van der Waals surface area contributed by atoms with Crippen LogP contribution >= 0.6 is 0 Å². The topological polar surface area (TPSA) is 6.48 Å². The molecule has 21 heavy (non-hydrogen) atoms. The molecule has 1 saturated heterocycles. The van der Waals surface area contributed by atoms with E-state index in [4.69, 9.17) is 25.3 Å². The van der Waals surface area contributed by atoms with E-state index in [9.17, 15) is 13.2 Å². The van der Waals surface area contributed by atoms with Gasteiger partial charge in [-0.2, -0.15) is 0 Å². The molecule has 1 aliphatic rings. The van der Waals surface area contributed by atoms with Crippen LogP contribution in [0.15, 0.2) is 12.1 Å². The van der Waals surface area contributed by atoms with E-state index in [1.165, 1.54) is 0 Å². The molecule has 2 rings (SSSR count). The van der Waals surface area contributed by atoms with Crippen molar-refractivity contribution in [1.29, 1.82) is 0 Å². The molecular weight excluding hydrogens is 502 g/mol. The van der Waals surface area contributed by atoms with Gasteiger partial charge >= 0.3 is 0 Å². The molecule has 1 radical (unpaired) electrons. The van der Waals surface area contributed by atoms with Crippen LogP contribution in [0, 0.1) is 17.5 Å². The Labute approximate surface area is 149 Å². The van der Waals surface area contributed by atoms with Crippen LogP contribution in [0.1, 0.15) is 5.56 Å². The van der Waals surface area contributed by atoms with Gasteiger partial charge in [-0.1, -0.05) is 0 Å². The first kappa shape index (κ1) is 19.4. The molecule has 0 N–H and O–H groups in total. The first-order chi connectivity index (χ1) is 9.47. The van der Waals surface area contributed by atoms with Crippen molar-refractivity contribution in [2.45, 2.75) is 11.1 Å². The minimum absolute atomic E-state index is 0. The molecule has 2 nitrogen and oxygen atoms in total. The molecular formula is C13H15AuF3N2S2-2. The predicted molar refractivity (Wildman–Crippen MR) is 76.6 cm³/mol. The van der Waals surface area contributed by atoms with E-state index in [-0.39, 0.29) is 27.1 Å². The Morgan fingerprint density at radius 1 is 1.00 bits per heavy atom. The van der Waals surface area contributed by atoms with Gasteiger partial charge in [0, 0.05) is 55.1 Å². The third-order valence-electron chi connectivity index (χ3n) is 3.47. The maximum Gasteiger partial charge on any atom is 0.194 e. The quantitative estimate of drug-likeness (QED) is 0.341. The van der Waals surface area contributed by atoms with Gasteiger partial charge in [0.1, 0.15) is 0 Å². The smallest absolute Gasteiger partial charge is 0.194 e. The first-order valence-corrected chi connectivity index (χ1v) is 7.33. The number of piperazine rings is 1. The average molecular weight is 517 g/mol. The van der Waals surface area contributed by atoms with E-state index in [0.29, 0.717) is 18.5 Å². The van der Waals surface area contributed by atoms with Crippen molar-refractivity contribution in [1.82, 2.24) is 9.80 Å². The van der Waals surface area contributed by atoms with Gasteiger partial charge < -0.3 is 35.1 Å². The molecule has 1 aromatic carbocycles. The minimum Gasteiger partial charge on any atom is -0.800 e.